The molecule has 0 radical (unpaired) electrons. The molecular formula is C30H32OSi. The molecule has 0 fully saturated rings. The minimum absolute atomic E-state index is 0.925. The van der Waals surface area contributed by atoms with Gasteiger partial charge in [-0.15, -0.1) is 0 Å². The lowest BCUT2D eigenvalue weighted by Gasteiger charge is -2.24. The Morgan fingerprint density at radius 3 is 2.34 bits per heavy atom. The number of fused-ring (bicyclic) bond motifs is 2. The van der Waals surface area contributed by atoms with E-state index in [1.165, 1.54) is 55.3 Å². The number of benzene rings is 3. The zero-order valence-electron chi connectivity index (χ0n) is 20.1. The van der Waals surface area contributed by atoms with Crippen LogP contribution in [0.2, 0.25) is 19.6 Å². The van der Waals surface area contributed by atoms with Crippen molar-refractivity contribution in [3.05, 3.63) is 88.4 Å². The summed E-state index contributed by atoms with van der Waals surface area (Å²) >= 11 is 0. The zero-order chi connectivity index (χ0) is 22.6. The Kier molecular flexibility index (Phi) is 5.02. The summed E-state index contributed by atoms with van der Waals surface area (Å²) in [6.07, 6.45) is 6.22. The molecule has 0 atom stereocenters. The van der Waals surface area contributed by atoms with E-state index in [2.05, 4.69) is 95.0 Å². The van der Waals surface area contributed by atoms with Crippen LogP contribution in [0.15, 0.2) is 59.2 Å². The van der Waals surface area contributed by atoms with Crippen molar-refractivity contribution in [2.75, 3.05) is 0 Å². The predicted octanol–water partition coefficient (Wildman–Crippen LogP) is 7.92. The minimum atomic E-state index is -1.39. The van der Waals surface area contributed by atoms with Crippen LogP contribution in [0.4, 0.5) is 0 Å². The molecule has 0 N–H and O–H groups in total. The van der Waals surface area contributed by atoms with E-state index in [-0.39, 0.29) is 0 Å². The third-order valence-electron chi connectivity index (χ3n) is 6.87. The monoisotopic (exact) mass is 436 g/mol. The second kappa shape index (κ2) is 7.63. The highest BCUT2D eigenvalue weighted by Gasteiger charge is 2.25. The van der Waals surface area contributed by atoms with Gasteiger partial charge >= 0.3 is 0 Å². The van der Waals surface area contributed by atoms with E-state index < -0.39 is 8.07 Å². The maximum atomic E-state index is 6.06. The van der Waals surface area contributed by atoms with Crippen LogP contribution >= 0.6 is 0 Å². The molecule has 0 unspecified atom stereocenters. The minimum Gasteiger partial charge on any atom is -0.463 e. The number of furan rings is 1. The van der Waals surface area contributed by atoms with Crippen LogP contribution in [0.3, 0.4) is 0 Å². The highest BCUT2D eigenvalue weighted by molar-refractivity contribution is 6.89. The van der Waals surface area contributed by atoms with Gasteiger partial charge in [-0.1, -0.05) is 91.4 Å². The van der Waals surface area contributed by atoms with Crippen molar-refractivity contribution < 1.29 is 4.42 Å². The molecule has 0 saturated heterocycles. The van der Waals surface area contributed by atoms with Crippen molar-refractivity contribution in [2.24, 2.45) is 0 Å². The van der Waals surface area contributed by atoms with Crippen LogP contribution < -0.4 is 5.19 Å². The van der Waals surface area contributed by atoms with Gasteiger partial charge in [0.25, 0.3) is 0 Å². The van der Waals surface area contributed by atoms with E-state index in [0.717, 1.165) is 18.6 Å². The maximum Gasteiger partial charge on any atom is 0.138 e. The van der Waals surface area contributed by atoms with E-state index in [9.17, 15) is 0 Å². The summed E-state index contributed by atoms with van der Waals surface area (Å²) in [5.74, 6) is 1.02. The van der Waals surface area contributed by atoms with Crippen LogP contribution in [-0.2, 0) is 12.8 Å². The quantitative estimate of drug-likeness (QED) is 0.296. The van der Waals surface area contributed by atoms with E-state index in [1.54, 1.807) is 5.19 Å². The van der Waals surface area contributed by atoms with Crippen molar-refractivity contribution in [3.63, 3.8) is 0 Å². The normalized spacial score (nSPS) is 13.5. The van der Waals surface area contributed by atoms with E-state index in [1.807, 2.05) is 6.26 Å². The number of aryl methyl sites for hydroxylation is 3. The van der Waals surface area contributed by atoms with Gasteiger partial charge in [0.1, 0.15) is 5.76 Å². The van der Waals surface area contributed by atoms with Crippen LogP contribution in [0.25, 0.3) is 33.5 Å². The lowest BCUT2D eigenvalue weighted by atomic mass is 9.89. The fourth-order valence-electron chi connectivity index (χ4n) is 5.77. The average molecular weight is 437 g/mol. The van der Waals surface area contributed by atoms with Crippen molar-refractivity contribution in [1.82, 2.24) is 0 Å². The van der Waals surface area contributed by atoms with Crippen molar-refractivity contribution in [1.29, 1.82) is 0 Å². The standard InChI is InChI=1S/C30H32OSi/c1-7-21-12-13-22-16-25(29-26-11-9-8-10-23(26)18-31-29)17-27(22)28(21)24-14-19(2)30(20(3)15-24)32(4,5)6/h8-15,17-18H,7,16H2,1-6H3. The summed E-state index contributed by atoms with van der Waals surface area (Å²) in [5, 5.41) is 3.97. The average Bonchev–Trinajstić information content (AvgIpc) is 3.35. The van der Waals surface area contributed by atoms with Crippen molar-refractivity contribution in [2.45, 2.75) is 53.3 Å². The first-order chi connectivity index (χ1) is 15.3. The van der Waals surface area contributed by atoms with E-state index in [4.69, 9.17) is 4.42 Å². The molecule has 0 aliphatic heterocycles. The number of rotatable bonds is 4. The Labute approximate surface area is 192 Å². The number of hydrogen-bond acceptors (Lipinski definition) is 1. The van der Waals surface area contributed by atoms with Gasteiger partial charge in [0, 0.05) is 22.8 Å². The van der Waals surface area contributed by atoms with Gasteiger partial charge in [-0.05, 0) is 54.2 Å². The molecule has 1 nitrogen and oxygen atoms in total. The van der Waals surface area contributed by atoms with Crippen molar-refractivity contribution in [3.8, 4) is 11.1 Å². The molecule has 2 heteroatoms. The van der Waals surface area contributed by atoms with Gasteiger partial charge in [0.05, 0.1) is 14.3 Å². The third-order valence-corrected chi connectivity index (χ3v) is 9.16. The van der Waals surface area contributed by atoms with Gasteiger partial charge in [-0.3, -0.25) is 0 Å². The largest absolute Gasteiger partial charge is 0.463 e. The fourth-order valence-corrected chi connectivity index (χ4v) is 8.28. The SMILES string of the molecule is CCc1ccc2c(c1-c1cc(C)c([Si](C)(C)C)c(C)c1)C=C(c1occ3ccccc13)C2. The number of hydrogen-bond donors (Lipinski definition) is 0. The van der Waals surface area contributed by atoms with Crippen molar-refractivity contribution >= 4 is 35.7 Å². The first-order valence-corrected chi connectivity index (χ1v) is 15.2. The molecule has 162 valence electrons. The summed E-state index contributed by atoms with van der Waals surface area (Å²) < 4.78 is 6.06. The van der Waals surface area contributed by atoms with Crippen LogP contribution in [0, 0.1) is 13.8 Å². The summed E-state index contributed by atoms with van der Waals surface area (Å²) in [4.78, 5) is 0. The summed E-state index contributed by atoms with van der Waals surface area (Å²) in [6.45, 7) is 14.2. The highest BCUT2D eigenvalue weighted by Crippen LogP contribution is 2.42. The molecule has 1 aliphatic rings. The maximum absolute atomic E-state index is 6.06. The molecule has 1 aliphatic carbocycles. The lowest BCUT2D eigenvalue weighted by molar-refractivity contribution is 0.557. The van der Waals surface area contributed by atoms with Crippen LogP contribution in [0.1, 0.15) is 40.5 Å². The Hall–Kier alpha value is -2.84. The first-order valence-electron chi connectivity index (χ1n) is 11.7. The summed E-state index contributed by atoms with van der Waals surface area (Å²) in [7, 11) is -1.39. The molecule has 0 saturated carbocycles. The van der Waals surface area contributed by atoms with Crippen LogP contribution in [-0.4, -0.2) is 8.07 Å². The molecule has 1 heterocycles. The molecule has 4 aromatic rings. The molecule has 0 amide bonds. The van der Waals surface area contributed by atoms with Gasteiger partial charge in [-0.2, -0.15) is 0 Å². The lowest BCUT2D eigenvalue weighted by Crippen LogP contribution is -2.41. The van der Waals surface area contributed by atoms with E-state index >= 15 is 0 Å². The fraction of sp³-hybridized carbons (Fsp3) is 0.267. The first kappa shape index (κ1) is 21.0. The molecule has 0 spiro atoms. The number of allylic oxidation sites excluding steroid dienone is 1. The second-order valence-corrected chi connectivity index (χ2v) is 15.3. The molecule has 5 rings (SSSR count). The van der Waals surface area contributed by atoms with E-state index in [0.29, 0.717) is 0 Å². The molecule has 0 bridgehead atoms. The Bertz CT molecular complexity index is 1350. The Morgan fingerprint density at radius 1 is 0.938 bits per heavy atom. The predicted molar refractivity (Wildman–Crippen MR) is 141 cm³/mol. The Balaban J connectivity index is 1.69. The zero-order valence-corrected chi connectivity index (χ0v) is 21.1. The van der Waals surface area contributed by atoms with Gasteiger partial charge in [0.2, 0.25) is 0 Å². The van der Waals surface area contributed by atoms with Gasteiger partial charge in [-0.25, -0.2) is 0 Å². The van der Waals surface area contributed by atoms with Gasteiger partial charge in [0.15, 0.2) is 0 Å². The van der Waals surface area contributed by atoms with Gasteiger partial charge < -0.3 is 4.42 Å². The molecular weight excluding hydrogens is 404 g/mol. The highest BCUT2D eigenvalue weighted by atomic mass is 28.3. The third kappa shape index (κ3) is 3.38. The second-order valence-electron chi connectivity index (χ2n) is 10.3. The molecule has 32 heavy (non-hydrogen) atoms. The topological polar surface area (TPSA) is 13.1 Å². The summed E-state index contributed by atoms with van der Waals surface area (Å²) in [5.41, 5.74) is 11.1. The molecule has 1 aromatic heterocycles. The Morgan fingerprint density at radius 2 is 1.66 bits per heavy atom. The summed E-state index contributed by atoms with van der Waals surface area (Å²) in [6, 6.07) is 18.0. The smallest absolute Gasteiger partial charge is 0.138 e. The molecule has 3 aromatic carbocycles. The van der Waals surface area contributed by atoms with Crippen LogP contribution in [0.5, 0.6) is 0 Å².